The van der Waals surface area contributed by atoms with Crippen molar-refractivity contribution in [2.24, 2.45) is 5.73 Å². The summed E-state index contributed by atoms with van der Waals surface area (Å²) >= 11 is 0. The Kier molecular flexibility index (Phi) is 8.10. The Hall–Kier alpha value is -2.04. The van der Waals surface area contributed by atoms with E-state index in [-0.39, 0.29) is 6.61 Å². The highest BCUT2D eigenvalue weighted by molar-refractivity contribution is 5.66. The molecule has 0 heterocycles. The third-order valence-electron chi connectivity index (χ3n) is 1.69. The highest BCUT2D eigenvalue weighted by Crippen LogP contribution is 1.99. The van der Waals surface area contributed by atoms with Crippen molar-refractivity contribution in [3.8, 4) is 0 Å². The number of benzene rings is 1. The van der Waals surface area contributed by atoms with Crippen molar-refractivity contribution in [2.75, 3.05) is 0 Å². The van der Waals surface area contributed by atoms with Crippen molar-refractivity contribution in [1.29, 1.82) is 0 Å². The van der Waals surface area contributed by atoms with Gasteiger partial charge in [-0.3, -0.25) is 4.79 Å². The van der Waals surface area contributed by atoms with E-state index in [1.54, 1.807) is 0 Å². The lowest BCUT2D eigenvalue weighted by Gasteiger charge is -1.99. The summed E-state index contributed by atoms with van der Waals surface area (Å²) in [4.78, 5) is 19.8. The largest absolute Gasteiger partial charge is 0.481 e. The molecule has 0 radical (unpaired) electrons. The van der Waals surface area contributed by atoms with Crippen LogP contribution in [0, 0.1) is 0 Å². The van der Waals surface area contributed by atoms with Crippen LogP contribution in [0.3, 0.4) is 0 Å². The van der Waals surface area contributed by atoms with Gasteiger partial charge in [-0.2, -0.15) is 0 Å². The predicted molar refractivity (Wildman–Crippen MR) is 63.4 cm³/mol. The number of primary amides is 1. The van der Waals surface area contributed by atoms with Gasteiger partial charge in [0, 0.05) is 6.42 Å². The van der Waals surface area contributed by atoms with Crippen LogP contribution < -0.4 is 5.73 Å². The number of ether oxygens (including phenoxy) is 1. The second kappa shape index (κ2) is 9.21. The zero-order chi connectivity index (χ0) is 13.1. The monoisotopic (exact) mass is 239 g/mol. The van der Waals surface area contributed by atoms with Crippen LogP contribution in [0.25, 0.3) is 0 Å². The van der Waals surface area contributed by atoms with E-state index in [9.17, 15) is 9.59 Å². The van der Waals surface area contributed by atoms with Crippen LogP contribution in [0.2, 0.25) is 0 Å². The average Bonchev–Trinajstić information content (AvgIpc) is 2.28. The molecule has 0 unspecified atom stereocenters. The second-order valence-corrected chi connectivity index (χ2v) is 3.24. The minimum absolute atomic E-state index is 0.246. The van der Waals surface area contributed by atoms with E-state index in [1.807, 2.05) is 37.3 Å². The summed E-state index contributed by atoms with van der Waals surface area (Å²) in [5.74, 6) is -0.711. The maximum Gasteiger partial charge on any atom is 0.404 e. The van der Waals surface area contributed by atoms with Crippen molar-refractivity contribution in [2.45, 2.75) is 26.4 Å². The molecule has 0 saturated carbocycles. The van der Waals surface area contributed by atoms with E-state index in [2.05, 4.69) is 4.74 Å². The number of rotatable bonds is 4. The van der Waals surface area contributed by atoms with E-state index < -0.39 is 12.1 Å². The molecule has 0 spiro atoms. The van der Waals surface area contributed by atoms with Gasteiger partial charge >= 0.3 is 12.1 Å². The minimum Gasteiger partial charge on any atom is -0.481 e. The molecule has 94 valence electrons. The number of carboxylic acids is 1. The number of hydrogen-bond donors (Lipinski definition) is 2. The Balaban J connectivity index is 0.000000366. The van der Waals surface area contributed by atoms with Crippen LogP contribution in [0.1, 0.15) is 25.3 Å². The lowest BCUT2D eigenvalue weighted by molar-refractivity contribution is -0.137. The molecule has 0 aromatic heterocycles. The molecule has 0 fully saturated rings. The van der Waals surface area contributed by atoms with Gasteiger partial charge in [0.2, 0.25) is 0 Å². The van der Waals surface area contributed by atoms with Gasteiger partial charge in [-0.1, -0.05) is 37.3 Å². The van der Waals surface area contributed by atoms with E-state index in [1.165, 1.54) is 0 Å². The first-order valence-electron chi connectivity index (χ1n) is 5.24. The third kappa shape index (κ3) is 10.2. The van der Waals surface area contributed by atoms with Gasteiger partial charge in [0.05, 0.1) is 0 Å². The van der Waals surface area contributed by atoms with Gasteiger partial charge in [0.1, 0.15) is 6.61 Å². The average molecular weight is 239 g/mol. The van der Waals surface area contributed by atoms with Crippen LogP contribution in [-0.2, 0) is 16.1 Å². The number of carbonyl (C=O) groups is 2. The van der Waals surface area contributed by atoms with Crippen LogP contribution in [0.4, 0.5) is 4.79 Å². The van der Waals surface area contributed by atoms with Crippen molar-refractivity contribution in [3.05, 3.63) is 35.9 Å². The van der Waals surface area contributed by atoms with Crippen LogP contribution in [0.15, 0.2) is 30.3 Å². The number of amides is 1. The van der Waals surface area contributed by atoms with Gasteiger partial charge in [0.25, 0.3) is 0 Å². The molecule has 1 aromatic rings. The fourth-order valence-electron chi connectivity index (χ4n) is 0.943. The standard InChI is InChI=1S/C8H9NO2.C4H8O2/c9-8(10)11-6-7-4-2-1-3-5-7;1-2-3-4(5)6/h1-5H,6H2,(H2,9,10);2-3H2,1H3,(H,5,6). The highest BCUT2D eigenvalue weighted by Gasteiger charge is 1.93. The van der Waals surface area contributed by atoms with Crippen molar-refractivity contribution in [1.82, 2.24) is 0 Å². The van der Waals surface area contributed by atoms with Gasteiger partial charge in [-0.15, -0.1) is 0 Å². The Labute approximate surface area is 100 Å². The third-order valence-corrected chi connectivity index (χ3v) is 1.69. The Morgan fingerprint density at radius 3 is 2.24 bits per heavy atom. The van der Waals surface area contributed by atoms with Crippen molar-refractivity contribution < 1.29 is 19.4 Å². The quantitative estimate of drug-likeness (QED) is 0.842. The molecule has 5 nitrogen and oxygen atoms in total. The highest BCUT2D eigenvalue weighted by atomic mass is 16.5. The fraction of sp³-hybridized carbons (Fsp3) is 0.333. The summed E-state index contributed by atoms with van der Waals surface area (Å²) in [7, 11) is 0. The van der Waals surface area contributed by atoms with E-state index >= 15 is 0 Å². The van der Waals surface area contributed by atoms with Gasteiger partial charge in [-0.05, 0) is 12.0 Å². The topological polar surface area (TPSA) is 89.6 Å². The molecule has 0 aliphatic heterocycles. The second-order valence-electron chi connectivity index (χ2n) is 3.24. The SMILES string of the molecule is CCCC(=O)O.NC(=O)OCc1ccccc1. The van der Waals surface area contributed by atoms with Crippen LogP contribution >= 0.6 is 0 Å². The van der Waals surface area contributed by atoms with Crippen molar-refractivity contribution >= 4 is 12.1 Å². The fourth-order valence-corrected chi connectivity index (χ4v) is 0.943. The maximum absolute atomic E-state index is 10.2. The summed E-state index contributed by atoms with van der Waals surface area (Å²) in [5.41, 5.74) is 5.72. The predicted octanol–water partition coefficient (Wildman–Crippen LogP) is 2.15. The maximum atomic E-state index is 10.2. The molecule has 0 bridgehead atoms. The molecule has 5 heteroatoms. The first-order chi connectivity index (χ1) is 8.06. The molecule has 1 rings (SSSR count). The summed E-state index contributed by atoms with van der Waals surface area (Å²) in [6.45, 7) is 2.09. The number of aliphatic carboxylic acids is 1. The summed E-state index contributed by atoms with van der Waals surface area (Å²) in [5, 5.41) is 7.91. The molecule has 0 atom stereocenters. The minimum atomic E-state index is -0.742. The van der Waals surface area contributed by atoms with Gasteiger partial charge in [-0.25, -0.2) is 4.79 Å². The molecule has 1 aromatic carbocycles. The van der Waals surface area contributed by atoms with E-state index in [0.29, 0.717) is 6.42 Å². The van der Waals surface area contributed by atoms with E-state index in [4.69, 9.17) is 10.8 Å². The zero-order valence-electron chi connectivity index (χ0n) is 9.76. The summed E-state index contributed by atoms with van der Waals surface area (Å²) in [6, 6.07) is 9.37. The molecular formula is C12H17NO4. The first-order valence-corrected chi connectivity index (χ1v) is 5.24. The van der Waals surface area contributed by atoms with Gasteiger partial charge in [0.15, 0.2) is 0 Å². The molecule has 17 heavy (non-hydrogen) atoms. The molecule has 3 N–H and O–H groups in total. The van der Waals surface area contributed by atoms with E-state index in [0.717, 1.165) is 12.0 Å². The number of hydrogen-bond acceptors (Lipinski definition) is 3. The Morgan fingerprint density at radius 1 is 1.29 bits per heavy atom. The molecule has 0 aliphatic carbocycles. The number of carboxylic acid groups (broad SMARTS) is 1. The zero-order valence-corrected chi connectivity index (χ0v) is 9.76. The van der Waals surface area contributed by atoms with Crippen LogP contribution in [0.5, 0.6) is 0 Å². The summed E-state index contributed by atoms with van der Waals surface area (Å²) in [6.07, 6.45) is 0.281. The van der Waals surface area contributed by atoms with Gasteiger partial charge < -0.3 is 15.6 Å². The Morgan fingerprint density at radius 2 is 1.88 bits per heavy atom. The number of carbonyl (C=O) groups excluding carboxylic acids is 1. The lowest BCUT2D eigenvalue weighted by atomic mass is 10.2. The van der Waals surface area contributed by atoms with Crippen molar-refractivity contribution in [3.63, 3.8) is 0 Å². The number of nitrogens with two attached hydrogens (primary N) is 1. The molecule has 0 aliphatic rings. The molecular weight excluding hydrogens is 222 g/mol. The Bertz CT molecular complexity index is 338. The first kappa shape index (κ1) is 15.0. The normalized spacial score (nSPS) is 8.76. The smallest absolute Gasteiger partial charge is 0.404 e. The van der Waals surface area contributed by atoms with Crippen LogP contribution in [-0.4, -0.2) is 17.2 Å². The molecule has 0 saturated heterocycles. The summed E-state index contributed by atoms with van der Waals surface area (Å²) < 4.78 is 4.57. The lowest BCUT2D eigenvalue weighted by Crippen LogP contribution is -2.12. The molecule has 1 amide bonds.